The average Bonchev–Trinajstić information content (AvgIpc) is 2.25. The predicted molar refractivity (Wildman–Crippen MR) is 64.2 cm³/mol. The summed E-state index contributed by atoms with van der Waals surface area (Å²) < 4.78 is 13.4. The number of nitrogens with zero attached hydrogens (tertiary/aromatic N) is 2. The van der Waals surface area contributed by atoms with Crippen molar-refractivity contribution in [2.45, 2.75) is 19.9 Å². The van der Waals surface area contributed by atoms with Crippen LogP contribution in [-0.2, 0) is 0 Å². The van der Waals surface area contributed by atoms with Crippen molar-refractivity contribution in [3.05, 3.63) is 29.8 Å². The third-order valence-electron chi connectivity index (χ3n) is 2.21. The molecule has 0 aliphatic heterocycles. The molecule has 0 bridgehead atoms. The highest BCUT2D eigenvalue weighted by Crippen LogP contribution is 2.11. The van der Waals surface area contributed by atoms with E-state index in [4.69, 9.17) is 0 Å². The normalized spacial score (nSPS) is 10.6. The van der Waals surface area contributed by atoms with Crippen LogP contribution in [0.4, 0.5) is 4.39 Å². The summed E-state index contributed by atoms with van der Waals surface area (Å²) in [6.07, 6.45) is 2.48. The van der Waals surface area contributed by atoms with Crippen LogP contribution in [0.15, 0.2) is 18.5 Å². The second-order valence-corrected chi connectivity index (χ2v) is 4.43. The van der Waals surface area contributed by atoms with Crippen molar-refractivity contribution in [1.82, 2.24) is 9.88 Å². The second-order valence-electron chi connectivity index (χ2n) is 3.64. The van der Waals surface area contributed by atoms with Gasteiger partial charge in [0.05, 0.1) is 11.8 Å². The quantitative estimate of drug-likeness (QED) is 0.798. The van der Waals surface area contributed by atoms with E-state index in [1.54, 1.807) is 4.90 Å². The molecule has 1 rings (SSSR count). The van der Waals surface area contributed by atoms with Gasteiger partial charge >= 0.3 is 0 Å². The number of carbonyl (C=O) groups is 1. The molecule has 0 atom stereocenters. The van der Waals surface area contributed by atoms with Crippen molar-refractivity contribution in [2.75, 3.05) is 11.9 Å². The van der Waals surface area contributed by atoms with Crippen LogP contribution in [0.1, 0.15) is 24.2 Å². The van der Waals surface area contributed by atoms with Crippen molar-refractivity contribution in [1.29, 1.82) is 0 Å². The minimum absolute atomic E-state index is 0.0395. The van der Waals surface area contributed by atoms with Crippen LogP contribution >= 0.6 is 15.9 Å². The Morgan fingerprint density at radius 3 is 2.81 bits per heavy atom. The molecule has 0 saturated carbocycles. The molecular weight excluding hydrogens is 275 g/mol. The summed E-state index contributed by atoms with van der Waals surface area (Å²) in [4.78, 5) is 17.3. The number of pyridine rings is 1. The molecule has 88 valence electrons. The van der Waals surface area contributed by atoms with Crippen molar-refractivity contribution in [3.8, 4) is 0 Å². The van der Waals surface area contributed by atoms with E-state index in [-0.39, 0.29) is 17.5 Å². The molecule has 1 amide bonds. The molecule has 0 aromatic carbocycles. The van der Waals surface area contributed by atoms with Gasteiger partial charge < -0.3 is 4.90 Å². The maximum absolute atomic E-state index is 13.4. The second kappa shape index (κ2) is 5.94. The average molecular weight is 289 g/mol. The van der Waals surface area contributed by atoms with Gasteiger partial charge in [-0.15, -0.1) is 0 Å². The van der Waals surface area contributed by atoms with E-state index in [2.05, 4.69) is 20.9 Å². The number of amides is 1. The van der Waals surface area contributed by atoms with Gasteiger partial charge in [-0.3, -0.25) is 9.78 Å². The van der Waals surface area contributed by atoms with Gasteiger partial charge in [-0.05, 0) is 19.9 Å². The topological polar surface area (TPSA) is 33.2 Å². The van der Waals surface area contributed by atoms with E-state index < -0.39 is 5.82 Å². The molecule has 1 heterocycles. The summed E-state index contributed by atoms with van der Waals surface area (Å²) in [5.41, 5.74) is 0.0738. The first kappa shape index (κ1) is 13.1. The number of rotatable bonds is 4. The van der Waals surface area contributed by atoms with Crippen LogP contribution in [0.2, 0.25) is 0 Å². The molecule has 1 aromatic rings. The largest absolute Gasteiger partial charge is 0.335 e. The molecular formula is C11H14BrFN2O. The van der Waals surface area contributed by atoms with Gasteiger partial charge in [0.15, 0.2) is 5.82 Å². The Hall–Kier alpha value is -0.970. The fourth-order valence-corrected chi connectivity index (χ4v) is 1.77. The van der Waals surface area contributed by atoms with Crippen molar-refractivity contribution < 1.29 is 9.18 Å². The zero-order valence-electron chi connectivity index (χ0n) is 9.28. The molecule has 0 fully saturated rings. The number of alkyl halides is 1. The summed E-state index contributed by atoms with van der Waals surface area (Å²) in [7, 11) is 0. The van der Waals surface area contributed by atoms with E-state index in [0.717, 1.165) is 6.20 Å². The highest BCUT2D eigenvalue weighted by atomic mass is 79.9. The zero-order chi connectivity index (χ0) is 12.1. The van der Waals surface area contributed by atoms with Crippen molar-refractivity contribution >= 4 is 21.8 Å². The lowest BCUT2D eigenvalue weighted by Gasteiger charge is -2.26. The molecule has 3 nitrogen and oxygen atoms in total. The Bertz CT molecular complexity index is 371. The fraction of sp³-hybridized carbons (Fsp3) is 0.455. The molecule has 0 unspecified atom stereocenters. The van der Waals surface area contributed by atoms with Crippen LogP contribution in [-0.4, -0.2) is 33.7 Å². The van der Waals surface area contributed by atoms with Crippen LogP contribution in [0, 0.1) is 5.82 Å². The molecule has 0 radical (unpaired) electrons. The summed E-state index contributed by atoms with van der Waals surface area (Å²) in [6, 6.07) is 1.44. The van der Waals surface area contributed by atoms with Gasteiger partial charge in [-0.1, -0.05) is 15.9 Å². The summed E-state index contributed by atoms with van der Waals surface area (Å²) in [5, 5.41) is 0.670. The van der Waals surface area contributed by atoms with E-state index in [1.165, 1.54) is 12.3 Å². The minimum atomic E-state index is -0.576. The van der Waals surface area contributed by atoms with Crippen LogP contribution < -0.4 is 0 Å². The van der Waals surface area contributed by atoms with Gasteiger partial charge in [0.2, 0.25) is 0 Å². The molecule has 0 saturated heterocycles. The number of halogens is 2. The predicted octanol–water partition coefficient (Wildman–Crippen LogP) is 2.47. The van der Waals surface area contributed by atoms with Gasteiger partial charge in [0.1, 0.15) is 0 Å². The van der Waals surface area contributed by atoms with Gasteiger partial charge in [-0.25, -0.2) is 4.39 Å². The van der Waals surface area contributed by atoms with Gasteiger partial charge in [0.25, 0.3) is 5.91 Å². The van der Waals surface area contributed by atoms with Crippen molar-refractivity contribution in [3.63, 3.8) is 0 Å². The molecule has 5 heteroatoms. The molecule has 0 N–H and O–H groups in total. The highest BCUT2D eigenvalue weighted by Gasteiger charge is 2.20. The SMILES string of the molecule is CC(C)N(CCBr)C(=O)c1ccncc1F. The first-order valence-electron chi connectivity index (χ1n) is 5.04. The van der Waals surface area contributed by atoms with Crippen LogP contribution in [0.25, 0.3) is 0 Å². The summed E-state index contributed by atoms with van der Waals surface area (Å²) >= 11 is 3.28. The van der Waals surface area contributed by atoms with E-state index >= 15 is 0 Å². The lowest BCUT2D eigenvalue weighted by molar-refractivity contribution is 0.0714. The molecule has 0 spiro atoms. The van der Waals surface area contributed by atoms with Gasteiger partial charge in [0, 0.05) is 24.1 Å². The van der Waals surface area contributed by atoms with Gasteiger partial charge in [-0.2, -0.15) is 0 Å². The lowest BCUT2D eigenvalue weighted by Crippen LogP contribution is -2.38. The summed E-state index contributed by atoms with van der Waals surface area (Å²) in [5.74, 6) is -0.873. The third kappa shape index (κ3) is 3.01. The monoisotopic (exact) mass is 288 g/mol. The molecule has 16 heavy (non-hydrogen) atoms. The Balaban J connectivity index is 2.95. The molecule has 1 aromatic heterocycles. The Kier molecular flexibility index (Phi) is 4.86. The van der Waals surface area contributed by atoms with E-state index in [1.807, 2.05) is 13.8 Å². The van der Waals surface area contributed by atoms with Crippen LogP contribution in [0.3, 0.4) is 0 Å². The number of aromatic nitrogens is 1. The number of hydrogen-bond donors (Lipinski definition) is 0. The minimum Gasteiger partial charge on any atom is -0.335 e. The summed E-state index contributed by atoms with van der Waals surface area (Å²) in [6.45, 7) is 4.36. The zero-order valence-corrected chi connectivity index (χ0v) is 10.9. The highest BCUT2D eigenvalue weighted by molar-refractivity contribution is 9.09. The van der Waals surface area contributed by atoms with E-state index in [0.29, 0.717) is 11.9 Å². The first-order valence-corrected chi connectivity index (χ1v) is 6.16. The fourth-order valence-electron chi connectivity index (χ4n) is 1.39. The first-order chi connectivity index (χ1) is 7.57. The lowest BCUT2D eigenvalue weighted by atomic mass is 10.2. The number of carbonyl (C=O) groups excluding carboxylic acids is 1. The van der Waals surface area contributed by atoms with E-state index in [9.17, 15) is 9.18 Å². The standard InChI is InChI=1S/C11H14BrFN2O/c1-8(2)15(6-4-12)11(16)9-3-5-14-7-10(9)13/h3,5,7-8H,4,6H2,1-2H3. The smallest absolute Gasteiger partial charge is 0.257 e. The Labute approximate surface area is 103 Å². The number of hydrogen-bond acceptors (Lipinski definition) is 2. The molecule has 0 aliphatic carbocycles. The third-order valence-corrected chi connectivity index (χ3v) is 2.57. The Morgan fingerprint density at radius 2 is 2.31 bits per heavy atom. The Morgan fingerprint density at radius 1 is 1.62 bits per heavy atom. The molecule has 0 aliphatic rings. The maximum atomic E-state index is 13.4. The maximum Gasteiger partial charge on any atom is 0.257 e. The van der Waals surface area contributed by atoms with Crippen LogP contribution in [0.5, 0.6) is 0 Å². The van der Waals surface area contributed by atoms with Crippen molar-refractivity contribution in [2.24, 2.45) is 0 Å².